The van der Waals surface area contributed by atoms with Crippen molar-refractivity contribution in [3.05, 3.63) is 0 Å². The Hall–Kier alpha value is 0.260. The molecule has 0 N–H and O–H groups in total. The van der Waals surface area contributed by atoms with E-state index in [4.69, 9.17) is 1.37 Å². The maximum Gasteiger partial charge on any atom is 0.0230 e. The maximum atomic E-state index is 10.9. The number of hydrogen-bond donors (Lipinski definition) is 0. The van der Waals surface area contributed by atoms with Crippen molar-refractivity contribution in [3.8, 4) is 0 Å². The molecule has 0 aromatic heterocycles. The average molecular weight is 135 g/mol. The number of rotatable bonds is 3. The standard InChI is InChI=1S/C6H14OP/c1-4-5-6-8(2,3)7/h2,4-6H2,1,3H3/q-1/i1T. The summed E-state index contributed by atoms with van der Waals surface area (Å²) >= 11 is 0. The van der Waals surface area contributed by atoms with Crippen LogP contribution < -0.4 is 4.89 Å². The summed E-state index contributed by atoms with van der Waals surface area (Å²) in [5.41, 5.74) is 0. The second kappa shape index (κ2) is 3.32. The first-order valence-electron chi connectivity index (χ1n) is 3.47. The highest BCUT2D eigenvalue weighted by Gasteiger charge is 1.87. The van der Waals surface area contributed by atoms with E-state index < -0.39 is 7.11 Å². The van der Waals surface area contributed by atoms with Crippen LogP contribution in [0, 0.1) is 0 Å². The highest BCUT2D eigenvalue weighted by Crippen LogP contribution is 2.29. The molecule has 8 heavy (non-hydrogen) atoms. The summed E-state index contributed by atoms with van der Waals surface area (Å²) in [5, 5.41) is 0. The molecule has 0 saturated heterocycles. The Morgan fingerprint density at radius 2 is 2.50 bits per heavy atom. The largest absolute Gasteiger partial charge is 0.829 e. The van der Waals surface area contributed by atoms with Gasteiger partial charge in [0.2, 0.25) is 0 Å². The molecule has 0 aromatic carbocycles. The van der Waals surface area contributed by atoms with Gasteiger partial charge in [-0.3, -0.25) is 0 Å². The van der Waals surface area contributed by atoms with Gasteiger partial charge >= 0.3 is 0 Å². The Labute approximate surface area is 53.2 Å². The van der Waals surface area contributed by atoms with Gasteiger partial charge in [-0.05, 0) is 6.16 Å². The fourth-order valence-electron chi connectivity index (χ4n) is 0.446. The van der Waals surface area contributed by atoms with Crippen molar-refractivity contribution in [2.24, 2.45) is 0 Å². The summed E-state index contributed by atoms with van der Waals surface area (Å²) in [6.07, 6.45) is 5.98. The third kappa shape index (κ3) is 6.26. The Morgan fingerprint density at radius 3 is 2.88 bits per heavy atom. The average Bonchev–Trinajstić information content (AvgIpc) is 1.63. The van der Waals surface area contributed by atoms with E-state index in [1.165, 1.54) is 0 Å². The summed E-state index contributed by atoms with van der Waals surface area (Å²) < 4.78 is 6.80. The maximum absolute atomic E-state index is 10.9. The lowest BCUT2D eigenvalue weighted by Gasteiger charge is -2.24. The van der Waals surface area contributed by atoms with Gasteiger partial charge in [0.1, 0.15) is 0 Å². The smallest absolute Gasteiger partial charge is 0.0230 e. The van der Waals surface area contributed by atoms with Crippen LogP contribution in [-0.4, -0.2) is 19.1 Å². The zero-order valence-electron chi connectivity index (χ0n) is 6.39. The minimum absolute atomic E-state index is 0.444. The van der Waals surface area contributed by atoms with E-state index in [1.54, 1.807) is 6.66 Å². The van der Waals surface area contributed by atoms with Crippen LogP contribution in [0.25, 0.3) is 0 Å². The molecule has 0 saturated carbocycles. The van der Waals surface area contributed by atoms with Gasteiger partial charge in [-0.15, -0.1) is 6.30 Å². The third-order valence-corrected chi connectivity index (χ3v) is 2.14. The van der Waals surface area contributed by atoms with Crippen LogP contribution in [0.4, 0.5) is 0 Å². The van der Waals surface area contributed by atoms with Crippen LogP contribution in [-0.2, 0) is 0 Å². The molecule has 0 aliphatic carbocycles. The molecule has 0 aliphatic heterocycles. The van der Waals surface area contributed by atoms with Gasteiger partial charge < -0.3 is 4.89 Å². The van der Waals surface area contributed by atoms with Crippen molar-refractivity contribution in [2.45, 2.75) is 19.7 Å². The molecule has 1 atom stereocenters. The third-order valence-electron chi connectivity index (χ3n) is 0.881. The predicted octanol–water partition coefficient (Wildman–Crippen LogP) is 1.14. The Morgan fingerprint density at radius 1 is 1.88 bits per heavy atom. The molecule has 0 heterocycles. The summed E-state index contributed by atoms with van der Waals surface area (Å²) in [6.45, 7) is 2.14. The van der Waals surface area contributed by atoms with Crippen LogP contribution in [0.3, 0.4) is 0 Å². The predicted molar refractivity (Wildman–Crippen MR) is 39.7 cm³/mol. The van der Waals surface area contributed by atoms with E-state index in [-0.39, 0.29) is 0 Å². The Kier molecular flexibility index (Phi) is 2.65. The lowest BCUT2D eigenvalue weighted by molar-refractivity contribution is -0.160. The minimum atomic E-state index is -2.03. The van der Waals surface area contributed by atoms with Gasteiger partial charge in [0, 0.05) is 1.37 Å². The second-order valence-electron chi connectivity index (χ2n) is 2.23. The van der Waals surface area contributed by atoms with Gasteiger partial charge in [0.15, 0.2) is 0 Å². The molecule has 0 amide bonds. The number of hydrogen-bond acceptors (Lipinski definition) is 1. The topological polar surface area (TPSA) is 23.1 Å². The first-order chi connectivity index (χ1) is 4.06. The van der Waals surface area contributed by atoms with Crippen LogP contribution in [0.15, 0.2) is 0 Å². The van der Waals surface area contributed by atoms with Crippen molar-refractivity contribution in [1.82, 2.24) is 0 Å². The molecule has 50 valence electrons. The molecule has 0 aliphatic rings. The molecular formula is C6H14OP-. The van der Waals surface area contributed by atoms with Crippen molar-refractivity contribution in [3.63, 3.8) is 0 Å². The van der Waals surface area contributed by atoms with Crippen LogP contribution in [0.2, 0.25) is 0 Å². The molecule has 2 heteroatoms. The molecular weight excluding hydrogens is 119 g/mol. The van der Waals surface area contributed by atoms with Crippen molar-refractivity contribution in [1.29, 1.82) is 0 Å². The van der Waals surface area contributed by atoms with Gasteiger partial charge in [-0.1, -0.05) is 26.4 Å². The fraction of sp³-hybridized carbons (Fsp3) is 0.833. The van der Waals surface area contributed by atoms with Gasteiger partial charge in [0.25, 0.3) is 0 Å². The molecule has 0 rings (SSSR count). The van der Waals surface area contributed by atoms with Crippen molar-refractivity contribution in [2.75, 3.05) is 12.8 Å². The molecule has 1 unspecified atom stereocenters. The molecule has 1 nitrogen and oxygen atoms in total. The second-order valence-corrected chi connectivity index (χ2v) is 5.27. The molecule has 0 aromatic rings. The van der Waals surface area contributed by atoms with Crippen LogP contribution >= 0.6 is 7.11 Å². The monoisotopic (exact) mass is 135 g/mol. The first-order valence-corrected chi connectivity index (χ1v) is 5.29. The van der Waals surface area contributed by atoms with E-state index in [0.29, 0.717) is 13.1 Å². The quantitative estimate of drug-likeness (QED) is 0.420. The van der Waals surface area contributed by atoms with E-state index in [2.05, 4.69) is 6.30 Å². The zero-order chi connectivity index (χ0) is 7.33. The van der Waals surface area contributed by atoms with Gasteiger partial charge in [-0.2, -0.15) is 0 Å². The molecule has 0 radical (unpaired) electrons. The minimum Gasteiger partial charge on any atom is -0.829 e. The first kappa shape index (κ1) is 6.38. The summed E-state index contributed by atoms with van der Waals surface area (Å²) in [6, 6.07) is 0. The molecule has 0 bridgehead atoms. The SMILES string of the molecule is [3H]CCCCP(=C)(C)[O-]. The van der Waals surface area contributed by atoms with Gasteiger partial charge in [-0.25, -0.2) is 7.11 Å². The highest BCUT2D eigenvalue weighted by atomic mass is 31.2. The normalized spacial score (nSPS) is 19.5. The number of unbranched alkanes of at least 4 members (excludes halogenated alkanes) is 1. The van der Waals surface area contributed by atoms with E-state index >= 15 is 0 Å². The lowest BCUT2D eigenvalue weighted by atomic mass is 10.4. The summed E-state index contributed by atoms with van der Waals surface area (Å²) in [4.78, 5) is 10.9. The van der Waals surface area contributed by atoms with E-state index in [9.17, 15) is 4.89 Å². The van der Waals surface area contributed by atoms with E-state index in [0.717, 1.165) is 12.8 Å². The van der Waals surface area contributed by atoms with Crippen molar-refractivity contribution >= 4 is 13.4 Å². The molecule has 0 fully saturated rings. The summed E-state index contributed by atoms with van der Waals surface area (Å²) in [5.74, 6) is 0. The van der Waals surface area contributed by atoms with Crippen LogP contribution in [0.1, 0.15) is 21.1 Å². The van der Waals surface area contributed by atoms with Crippen molar-refractivity contribution < 1.29 is 6.26 Å². The highest BCUT2D eigenvalue weighted by molar-refractivity contribution is 7.66. The van der Waals surface area contributed by atoms with Gasteiger partial charge in [0.05, 0.1) is 0 Å². The zero-order valence-corrected chi connectivity index (χ0v) is 6.29. The fourth-order valence-corrected chi connectivity index (χ4v) is 1.34. The van der Waals surface area contributed by atoms with E-state index in [1.807, 2.05) is 0 Å². The summed E-state index contributed by atoms with van der Waals surface area (Å²) in [7, 11) is -2.03. The Bertz CT molecular complexity index is 108. The molecule has 0 spiro atoms. The lowest BCUT2D eigenvalue weighted by Crippen LogP contribution is -2.02. The van der Waals surface area contributed by atoms with Crippen LogP contribution in [0.5, 0.6) is 0 Å². The Balaban J connectivity index is 3.18.